The van der Waals surface area contributed by atoms with Gasteiger partial charge < -0.3 is 19.8 Å². The summed E-state index contributed by atoms with van der Waals surface area (Å²) in [5, 5.41) is 3.11. The Balaban J connectivity index is 1.68. The predicted octanol–water partition coefficient (Wildman–Crippen LogP) is 1.30. The van der Waals surface area contributed by atoms with E-state index in [1.807, 2.05) is 20.8 Å². The first-order valence-electron chi connectivity index (χ1n) is 6.96. The number of amides is 1. The third-order valence-corrected chi connectivity index (χ3v) is 4.08. The molecule has 20 heavy (non-hydrogen) atoms. The number of aromatic nitrogens is 2. The number of aromatic amines is 1. The largest absolute Gasteiger partial charge is 0.349 e. The van der Waals surface area contributed by atoms with Gasteiger partial charge in [-0.3, -0.25) is 4.79 Å². The van der Waals surface area contributed by atoms with Crippen molar-refractivity contribution in [2.45, 2.75) is 44.9 Å². The van der Waals surface area contributed by atoms with Gasteiger partial charge in [0.05, 0.1) is 24.2 Å². The molecule has 1 saturated carbocycles. The topological polar surface area (TPSA) is 76.2 Å². The maximum atomic E-state index is 12.6. The fourth-order valence-corrected chi connectivity index (χ4v) is 2.32. The van der Waals surface area contributed by atoms with E-state index >= 15 is 0 Å². The van der Waals surface area contributed by atoms with Crippen LogP contribution in [0.5, 0.6) is 0 Å². The third kappa shape index (κ3) is 2.33. The van der Waals surface area contributed by atoms with E-state index in [2.05, 4.69) is 15.3 Å². The normalized spacial score (nSPS) is 25.9. The smallest absolute Gasteiger partial charge is 0.231 e. The van der Waals surface area contributed by atoms with E-state index in [1.54, 1.807) is 12.4 Å². The van der Waals surface area contributed by atoms with Crippen LogP contribution in [0, 0.1) is 5.41 Å². The summed E-state index contributed by atoms with van der Waals surface area (Å²) in [6, 6.07) is 0. The number of ether oxygens (including phenoxy) is 2. The van der Waals surface area contributed by atoms with E-state index in [0.29, 0.717) is 13.2 Å². The number of hydrogen-bond donors (Lipinski definition) is 2. The monoisotopic (exact) mass is 279 g/mol. The maximum Gasteiger partial charge on any atom is 0.231 e. The molecule has 3 rings (SSSR count). The van der Waals surface area contributed by atoms with Crippen LogP contribution in [0.25, 0.3) is 0 Å². The fourth-order valence-electron chi connectivity index (χ4n) is 2.32. The molecule has 1 aromatic rings. The quantitative estimate of drug-likeness (QED) is 0.874. The fraction of sp³-hybridized carbons (Fsp3) is 0.714. The third-order valence-electron chi connectivity index (χ3n) is 4.08. The second kappa shape index (κ2) is 4.30. The molecule has 1 aliphatic heterocycles. The van der Waals surface area contributed by atoms with Gasteiger partial charge >= 0.3 is 0 Å². The highest BCUT2D eigenvalue weighted by atomic mass is 16.7. The summed E-state index contributed by atoms with van der Waals surface area (Å²) in [5.41, 5.74) is -0.978. The first kappa shape index (κ1) is 13.6. The number of nitrogens with one attached hydrogen (secondary N) is 2. The lowest BCUT2D eigenvalue weighted by Gasteiger charge is -2.40. The number of carbonyl (C=O) groups excluding carboxylic acids is 1. The number of nitrogens with zero attached hydrogens (tertiary/aromatic N) is 1. The molecule has 0 aromatic carbocycles. The van der Waals surface area contributed by atoms with Crippen LogP contribution in [0.3, 0.4) is 0 Å². The lowest BCUT2D eigenvalue weighted by atomic mass is 9.90. The first-order valence-corrected chi connectivity index (χ1v) is 6.96. The molecule has 0 unspecified atom stereocenters. The first-order chi connectivity index (χ1) is 9.35. The Morgan fingerprint density at radius 2 is 1.95 bits per heavy atom. The number of carbonyl (C=O) groups is 1. The van der Waals surface area contributed by atoms with Crippen LogP contribution in [0.15, 0.2) is 12.4 Å². The molecule has 1 amide bonds. The molecule has 0 radical (unpaired) electrons. The Bertz CT molecular complexity index is 496. The van der Waals surface area contributed by atoms with Gasteiger partial charge in [0.1, 0.15) is 5.82 Å². The minimum atomic E-state index is -0.655. The Labute approximate surface area is 118 Å². The molecular formula is C14H21N3O3. The minimum Gasteiger partial charge on any atom is -0.349 e. The average molecular weight is 279 g/mol. The molecule has 110 valence electrons. The number of imidazole rings is 1. The molecule has 0 bridgehead atoms. The lowest BCUT2D eigenvalue weighted by molar-refractivity contribution is -0.277. The summed E-state index contributed by atoms with van der Waals surface area (Å²) >= 11 is 0. The molecule has 1 saturated heterocycles. The molecule has 2 N–H and O–H groups in total. The van der Waals surface area contributed by atoms with Crippen molar-refractivity contribution < 1.29 is 14.3 Å². The van der Waals surface area contributed by atoms with E-state index in [0.717, 1.165) is 18.7 Å². The summed E-state index contributed by atoms with van der Waals surface area (Å²) in [6.45, 7) is 6.31. The van der Waals surface area contributed by atoms with Crippen molar-refractivity contribution in [3.63, 3.8) is 0 Å². The van der Waals surface area contributed by atoms with Crippen molar-refractivity contribution in [1.82, 2.24) is 15.3 Å². The minimum absolute atomic E-state index is 0.0399. The van der Waals surface area contributed by atoms with Gasteiger partial charge in [-0.1, -0.05) is 0 Å². The molecule has 2 heterocycles. The van der Waals surface area contributed by atoms with Gasteiger partial charge in [0.2, 0.25) is 5.91 Å². The van der Waals surface area contributed by atoms with Crippen LogP contribution in [0.1, 0.15) is 39.4 Å². The summed E-state index contributed by atoms with van der Waals surface area (Å²) in [5.74, 6) is 0.173. The van der Waals surface area contributed by atoms with Crippen LogP contribution in [0.4, 0.5) is 0 Å². The Morgan fingerprint density at radius 1 is 1.30 bits per heavy atom. The molecule has 0 atom stereocenters. The highest BCUT2D eigenvalue weighted by Crippen LogP contribution is 2.44. The van der Waals surface area contributed by atoms with Gasteiger partial charge in [0.25, 0.3) is 0 Å². The van der Waals surface area contributed by atoms with Crippen LogP contribution in [0.2, 0.25) is 0 Å². The molecule has 0 spiro atoms. The van der Waals surface area contributed by atoms with Gasteiger partial charge in [-0.05, 0) is 33.6 Å². The highest BCUT2D eigenvalue weighted by molar-refractivity contribution is 5.83. The van der Waals surface area contributed by atoms with Crippen molar-refractivity contribution in [3.05, 3.63) is 18.2 Å². The summed E-state index contributed by atoms with van der Waals surface area (Å²) in [4.78, 5) is 19.9. The SMILES string of the molecule is CC1(C)OCC(C)(C(=O)NC2(c3ncc[nH]3)CC2)CO1. The van der Waals surface area contributed by atoms with E-state index < -0.39 is 11.2 Å². The molecule has 1 aliphatic carbocycles. The van der Waals surface area contributed by atoms with Crippen molar-refractivity contribution in [2.24, 2.45) is 5.41 Å². The number of H-pyrrole nitrogens is 1. The van der Waals surface area contributed by atoms with Crippen molar-refractivity contribution >= 4 is 5.91 Å². The average Bonchev–Trinajstić information content (AvgIpc) is 2.97. The van der Waals surface area contributed by atoms with Gasteiger partial charge in [0.15, 0.2) is 5.79 Å². The Kier molecular flexibility index (Phi) is 2.92. The van der Waals surface area contributed by atoms with Gasteiger partial charge in [-0.2, -0.15) is 0 Å². The van der Waals surface area contributed by atoms with Gasteiger partial charge in [0, 0.05) is 12.4 Å². The number of rotatable bonds is 3. The second-order valence-corrected chi connectivity index (χ2v) is 6.51. The molecule has 6 nitrogen and oxygen atoms in total. The highest BCUT2D eigenvalue weighted by Gasteiger charge is 2.51. The molecular weight excluding hydrogens is 258 g/mol. The van der Waals surface area contributed by atoms with Gasteiger partial charge in [-0.15, -0.1) is 0 Å². The predicted molar refractivity (Wildman–Crippen MR) is 71.7 cm³/mol. The molecule has 6 heteroatoms. The summed E-state index contributed by atoms with van der Waals surface area (Å²) in [7, 11) is 0. The summed E-state index contributed by atoms with van der Waals surface area (Å²) < 4.78 is 11.2. The lowest BCUT2D eigenvalue weighted by Crippen LogP contribution is -2.54. The second-order valence-electron chi connectivity index (χ2n) is 6.51. The Morgan fingerprint density at radius 3 is 2.45 bits per heavy atom. The van der Waals surface area contributed by atoms with Crippen LogP contribution in [-0.4, -0.2) is 34.9 Å². The van der Waals surface area contributed by atoms with Gasteiger partial charge in [-0.25, -0.2) is 4.98 Å². The standard InChI is InChI=1S/C14H21N3O3/c1-12(2)19-8-13(3,9-20-12)11(18)17-14(4-5-14)10-15-6-7-16-10/h6-7H,4-5,8-9H2,1-3H3,(H,15,16)(H,17,18). The number of hydrogen-bond acceptors (Lipinski definition) is 4. The van der Waals surface area contributed by atoms with E-state index in [9.17, 15) is 4.79 Å². The summed E-state index contributed by atoms with van der Waals surface area (Å²) in [6.07, 6.45) is 5.31. The molecule has 1 aromatic heterocycles. The van der Waals surface area contributed by atoms with E-state index in [4.69, 9.17) is 9.47 Å². The van der Waals surface area contributed by atoms with Crippen molar-refractivity contribution in [3.8, 4) is 0 Å². The van der Waals surface area contributed by atoms with Crippen molar-refractivity contribution in [1.29, 1.82) is 0 Å². The Hall–Kier alpha value is -1.40. The molecule has 2 fully saturated rings. The van der Waals surface area contributed by atoms with E-state index in [1.165, 1.54) is 0 Å². The van der Waals surface area contributed by atoms with Crippen molar-refractivity contribution in [2.75, 3.05) is 13.2 Å². The molecule has 2 aliphatic rings. The zero-order chi connectivity index (χ0) is 14.4. The maximum absolute atomic E-state index is 12.6. The van der Waals surface area contributed by atoms with Crippen LogP contribution >= 0.6 is 0 Å². The van der Waals surface area contributed by atoms with Crippen LogP contribution in [-0.2, 0) is 19.8 Å². The zero-order valence-electron chi connectivity index (χ0n) is 12.2. The zero-order valence-corrected chi connectivity index (χ0v) is 12.2. The van der Waals surface area contributed by atoms with E-state index in [-0.39, 0.29) is 11.4 Å². The van der Waals surface area contributed by atoms with Crippen LogP contribution < -0.4 is 5.32 Å².